The number of Topliss-reactive ketones (excluding diaryl/α,β-unsaturated/α-hetero) is 1. The Morgan fingerprint density at radius 1 is 0.857 bits per heavy atom. The number of carbonyl (C=O) groups excluding carboxylic acids is 2. The summed E-state index contributed by atoms with van der Waals surface area (Å²) in [5.41, 5.74) is 6.45. The molecule has 3 aromatic rings. The lowest BCUT2D eigenvalue weighted by atomic mass is 9.71. The first-order valence-corrected chi connectivity index (χ1v) is 14.3. The van der Waals surface area contributed by atoms with Gasteiger partial charge in [0.1, 0.15) is 5.75 Å². The molecule has 0 bridgehead atoms. The Bertz CT molecular complexity index is 1570. The van der Waals surface area contributed by atoms with Crippen LogP contribution in [-0.4, -0.2) is 33.0 Å². The number of amides is 1. The standard InChI is InChI=1S/C35H38N2O5/c1-20(2)22-11-13-23(14-12-22)33-32(35(39)37-26-9-7-8-10-29(26)40-4)21(3)36-27-17-25(18-28(38)34(27)33)24-15-16-30(41-5)31(19-24)42-6/h7-16,19-20,25,33,36H,17-18H2,1-6H3,(H,37,39)/t25-,33+/m0/s1. The molecule has 0 saturated heterocycles. The van der Waals surface area contributed by atoms with Gasteiger partial charge in [0.15, 0.2) is 17.3 Å². The number of nitrogens with one attached hydrogen (secondary N) is 2. The number of allylic oxidation sites excluding steroid dienone is 3. The number of methoxy groups -OCH3 is 3. The highest BCUT2D eigenvalue weighted by atomic mass is 16.5. The molecule has 2 N–H and O–H groups in total. The lowest BCUT2D eigenvalue weighted by Gasteiger charge is -2.37. The first-order valence-electron chi connectivity index (χ1n) is 14.3. The van der Waals surface area contributed by atoms with Crippen molar-refractivity contribution in [2.45, 2.75) is 51.4 Å². The number of hydrogen-bond donors (Lipinski definition) is 2. The highest BCUT2D eigenvalue weighted by Gasteiger charge is 2.41. The predicted octanol–water partition coefficient (Wildman–Crippen LogP) is 6.84. The second kappa shape index (κ2) is 12.1. The summed E-state index contributed by atoms with van der Waals surface area (Å²) in [5.74, 6) is 1.42. The summed E-state index contributed by atoms with van der Waals surface area (Å²) in [6.45, 7) is 6.20. The lowest BCUT2D eigenvalue weighted by molar-refractivity contribution is -0.116. The number of benzene rings is 3. The van der Waals surface area contributed by atoms with Gasteiger partial charge in [-0.3, -0.25) is 9.59 Å². The largest absolute Gasteiger partial charge is 0.495 e. The first kappa shape index (κ1) is 29.0. The smallest absolute Gasteiger partial charge is 0.254 e. The molecule has 0 unspecified atom stereocenters. The van der Waals surface area contributed by atoms with Crippen molar-refractivity contribution >= 4 is 17.4 Å². The predicted molar refractivity (Wildman–Crippen MR) is 164 cm³/mol. The zero-order valence-electron chi connectivity index (χ0n) is 25.0. The van der Waals surface area contributed by atoms with Crippen LogP contribution in [0, 0.1) is 0 Å². The van der Waals surface area contributed by atoms with Gasteiger partial charge in [0.2, 0.25) is 0 Å². The minimum absolute atomic E-state index is 0.0246. The SMILES string of the molecule is COc1ccccc1NC(=O)C1=C(C)NC2=C(C(=O)C[C@@H](c3ccc(OC)c(OC)c3)C2)[C@@H]1c1ccc(C(C)C)cc1. The summed E-state index contributed by atoms with van der Waals surface area (Å²) in [6.07, 6.45) is 0.965. The average Bonchev–Trinajstić information content (AvgIpc) is 3.00. The first-order chi connectivity index (χ1) is 20.2. The monoisotopic (exact) mass is 566 g/mol. The van der Waals surface area contributed by atoms with E-state index in [-0.39, 0.29) is 17.6 Å². The Hall–Kier alpha value is -4.52. The zero-order valence-corrected chi connectivity index (χ0v) is 25.0. The Kier molecular flexibility index (Phi) is 8.39. The molecule has 7 heteroatoms. The van der Waals surface area contributed by atoms with Crippen LogP contribution in [0.15, 0.2) is 89.3 Å². The van der Waals surface area contributed by atoms with E-state index in [0.29, 0.717) is 52.8 Å². The number of ether oxygens (including phenoxy) is 3. The van der Waals surface area contributed by atoms with Crippen molar-refractivity contribution in [2.75, 3.05) is 26.6 Å². The van der Waals surface area contributed by atoms with Gasteiger partial charge in [0.05, 0.1) is 27.0 Å². The second-order valence-corrected chi connectivity index (χ2v) is 11.1. The van der Waals surface area contributed by atoms with Gasteiger partial charge >= 0.3 is 0 Å². The molecule has 5 rings (SSSR count). The Labute approximate surface area is 247 Å². The van der Waals surface area contributed by atoms with Gasteiger partial charge in [-0.25, -0.2) is 0 Å². The van der Waals surface area contributed by atoms with Crippen molar-refractivity contribution in [1.29, 1.82) is 0 Å². The lowest BCUT2D eigenvalue weighted by Crippen LogP contribution is -2.37. The maximum Gasteiger partial charge on any atom is 0.254 e. The van der Waals surface area contributed by atoms with Gasteiger partial charge in [-0.15, -0.1) is 0 Å². The minimum Gasteiger partial charge on any atom is -0.495 e. The maximum absolute atomic E-state index is 14.1. The molecule has 42 heavy (non-hydrogen) atoms. The van der Waals surface area contributed by atoms with E-state index in [1.807, 2.05) is 49.4 Å². The fraction of sp³-hybridized carbons (Fsp3) is 0.314. The molecule has 0 radical (unpaired) electrons. The molecule has 2 aliphatic rings. The summed E-state index contributed by atoms with van der Waals surface area (Å²) in [4.78, 5) is 28.0. The second-order valence-electron chi connectivity index (χ2n) is 11.1. The molecule has 0 fully saturated rings. The van der Waals surface area contributed by atoms with Crippen LogP contribution in [0.3, 0.4) is 0 Å². The van der Waals surface area contributed by atoms with Crippen LogP contribution in [0.5, 0.6) is 17.2 Å². The molecule has 7 nitrogen and oxygen atoms in total. The van der Waals surface area contributed by atoms with Gasteiger partial charge in [-0.2, -0.15) is 0 Å². The van der Waals surface area contributed by atoms with Crippen LogP contribution in [0.1, 0.15) is 68.1 Å². The molecule has 1 aliphatic heterocycles. The van der Waals surface area contributed by atoms with Crippen LogP contribution < -0.4 is 24.8 Å². The Morgan fingerprint density at radius 2 is 1.52 bits per heavy atom. The molecule has 218 valence electrons. The molecule has 1 amide bonds. The number of carbonyl (C=O) groups is 2. The van der Waals surface area contributed by atoms with Crippen LogP contribution in [0.4, 0.5) is 5.69 Å². The third-order valence-electron chi connectivity index (χ3n) is 8.24. The van der Waals surface area contributed by atoms with Gasteiger partial charge in [0.25, 0.3) is 5.91 Å². The summed E-state index contributed by atoms with van der Waals surface area (Å²) in [5, 5.41) is 6.50. The van der Waals surface area contributed by atoms with Crippen LogP contribution in [0.25, 0.3) is 0 Å². The number of dihydropyridines is 1. The van der Waals surface area contributed by atoms with E-state index < -0.39 is 5.92 Å². The van der Waals surface area contributed by atoms with Crippen molar-refractivity contribution in [3.63, 3.8) is 0 Å². The van der Waals surface area contributed by atoms with Gasteiger partial charge in [-0.1, -0.05) is 56.3 Å². The minimum atomic E-state index is -0.504. The summed E-state index contributed by atoms with van der Waals surface area (Å²) in [6, 6.07) is 21.4. The molecular formula is C35H38N2O5. The fourth-order valence-corrected chi connectivity index (χ4v) is 6.03. The Morgan fingerprint density at radius 3 is 2.19 bits per heavy atom. The van der Waals surface area contributed by atoms with Crippen LogP contribution in [0.2, 0.25) is 0 Å². The number of rotatable bonds is 8. The van der Waals surface area contributed by atoms with E-state index in [2.05, 4.69) is 36.6 Å². The number of hydrogen-bond acceptors (Lipinski definition) is 6. The molecule has 2 atom stereocenters. The fourth-order valence-electron chi connectivity index (χ4n) is 6.03. The summed E-state index contributed by atoms with van der Waals surface area (Å²) < 4.78 is 16.4. The van der Waals surface area contributed by atoms with Crippen LogP contribution in [-0.2, 0) is 9.59 Å². The van der Waals surface area contributed by atoms with E-state index >= 15 is 0 Å². The van der Waals surface area contributed by atoms with Crippen molar-refractivity contribution in [1.82, 2.24) is 5.32 Å². The molecule has 0 spiro atoms. The third-order valence-corrected chi connectivity index (χ3v) is 8.24. The number of para-hydroxylation sites is 2. The van der Waals surface area contributed by atoms with Crippen molar-refractivity contribution in [2.24, 2.45) is 0 Å². The zero-order chi connectivity index (χ0) is 30.0. The van der Waals surface area contributed by atoms with E-state index in [9.17, 15) is 9.59 Å². The highest BCUT2D eigenvalue weighted by Crippen LogP contribution is 2.46. The normalized spacial score (nSPS) is 18.4. The molecule has 0 aromatic heterocycles. The maximum atomic E-state index is 14.1. The van der Waals surface area contributed by atoms with E-state index in [1.165, 1.54) is 5.56 Å². The van der Waals surface area contributed by atoms with E-state index in [4.69, 9.17) is 14.2 Å². The van der Waals surface area contributed by atoms with Gasteiger partial charge in [-0.05, 0) is 66.1 Å². The number of anilines is 1. The topological polar surface area (TPSA) is 85.9 Å². The van der Waals surface area contributed by atoms with Crippen molar-refractivity contribution < 1.29 is 23.8 Å². The molecular weight excluding hydrogens is 528 g/mol. The Balaban J connectivity index is 1.56. The summed E-state index contributed by atoms with van der Waals surface area (Å²) in [7, 11) is 4.79. The van der Waals surface area contributed by atoms with E-state index in [0.717, 1.165) is 22.5 Å². The quantitative estimate of drug-likeness (QED) is 0.311. The van der Waals surface area contributed by atoms with Crippen LogP contribution >= 0.6 is 0 Å². The summed E-state index contributed by atoms with van der Waals surface area (Å²) >= 11 is 0. The van der Waals surface area contributed by atoms with Gasteiger partial charge in [0, 0.05) is 34.9 Å². The van der Waals surface area contributed by atoms with Gasteiger partial charge < -0.3 is 24.8 Å². The molecule has 3 aromatic carbocycles. The molecule has 0 saturated carbocycles. The van der Waals surface area contributed by atoms with Crippen molar-refractivity contribution in [3.8, 4) is 17.2 Å². The molecule has 1 aliphatic carbocycles. The average molecular weight is 567 g/mol. The molecule has 1 heterocycles. The number of ketones is 1. The van der Waals surface area contributed by atoms with Crippen molar-refractivity contribution in [3.05, 3.63) is 106 Å². The van der Waals surface area contributed by atoms with E-state index in [1.54, 1.807) is 33.5 Å². The third kappa shape index (κ3) is 5.51. The highest BCUT2D eigenvalue weighted by molar-refractivity contribution is 6.10.